The SMILES string of the molecule is COCCOCCSc1ccc(C(=O)O)o1. The summed E-state index contributed by atoms with van der Waals surface area (Å²) in [6.45, 7) is 1.72. The van der Waals surface area contributed by atoms with Gasteiger partial charge >= 0.3 is 5.97 Å². The van der Waals surface area contributed by atoms with Crippen LogP contribution in [-0.4, -0.2) is 43.8 Å². The second kappa shape index (κ2) is 7.32. The van der Waals surface area contributed by atoms with Gasteiger partial charge in [0.05, 0.1) is 19.8 Å². The quantitative estimate of drug-likeness (QED) is 0.556. The lowest BCUT2D eigenvalue weighted by molar-refractivity contribution is 0.0656. The maximum Gasteiger partial charge on any atom is 0.371 e. The Morgan fingerprint density at radius 1 is 1.44 bits per heavy atom. The van der Waals surface area contributed by atoms with Gasteiger partial charge < -0.3 is 19.0 Å². The van der Waals surface area contributed by atoms with Crippen LogP contribution in [0.4, 0.5) is 0 Å². The normalized spacial score (nSPS) is 10.6. The van der Waals surface area contributed by atoms with Crippen molar-refractivity contribution in [1.82, 2.24) is 0 Å². The van der Waals surface area contributed by atoms with Crippen LogP contribution >= 0.6 is 11.8 Å². The van der Waals surface area contributed by atoms with Crippen LogP contribution in [0.2, 0.25) is 0 Å². The number of rotatable bonds is 8. The summed E-state index contributed by atoms with van der Waals surface area (Å²) in [6.07, 6.45) is 0. The molecule has 0 saturated heterocycles. The minimum atomic E-state index is -1.05. The number of carboxylic acids is 1. The third-order valence-electron chi connectivity index (χ3n) is 1.70. The maximum absolute atomic E-state index is 10.5. The lowest BCUT2D eigenvalue weighted by Crippen LogP contribution is -2.04. The lowest BCUT2D eigenvalue weighted by atomic mass is 10.5. The van der Waals surface area contributed by atoms with E-state index in [0.29, 0.717) is 24.9 Å². The van der Waals surface area contributed by atoms with Crippen molar-refractivity contribution in [2.45, 2.75) is 5.09 Å². The number of carboxylic acid groups (broad SMARTS) is 1. The first-order chi connectivity index (χ1) is 7.74. The Morgan fingerprint density at radius 2 is 2.25 bits per heavy atom. The van der Waals surface area contributed by atoms with Crippen LogP contribution in [0.25, 0.3) is 0 Å². The third kappa shape index (κ3) is 4.69. The zero-order chi connectivity index (χ0) is 11.8. The van der Waals surface area contributed by atoms with E-state index in [-0.39, 0.29) is 5.76 Å². The summed E-state index contributed by atoms with van der Waals surface area (Å²) in [5.74, 6) is -0.373. The Labute approximate surface area is 97.7 Å². The molecule has 0 aliphatic carbocycles. The molecule has 1 heterocycles. The third-order valence-corrected chi connectivity index (χ3v) is 2.57. The molecule has 0 aliphatic heterocycles. The van der Waals surface area contributed by atoms with E-state index in [1.54, 1.807) is 13.2 Å². The molecule has 0 radical (unpaired) electrons. The number of aromatic carboxylic acids is 1. The molecule has 1 aromatic rings. The maximum atomic E-state index is 10.5. The van der Waals surface area contributed by atoms with E-state index in [4.69, 9.17) is 19.0 Å². The minimum absolute atomic E-state index is 0.0391. The molecule has 0 atom stereocenters. The van der Waals surface area contributed by atoms with Crippen molar-refractivity contribution in [3.05, 3.63) is 17.9 Å². The van der Waals surface area contributed by atoms with Crippen LogP contribution in [0.1, 0.15) is 10.6 Å². The largest absolute Gasteiger partial charge is 0.475 e. The van der Waals surface area contributed by atoms with Gasteiger partial charge in [0.1, 0.15) is 0 Å². The van der Waals surface area contributed by atoms with Gasteiger partial charge in [0, 0.05) is 12.9 Å². The summed E-state index contributed by atoms with van der Waals surface area (Å²) in [5, 5.41) is 9.22. The summed E-state index contributed by atoms with van der Waals surface area (Å²) in [6, 6.07) is 3.08. The van der Waals surface area contributed by atoms with Crippen LogP contribution in [0.15, 0.2) is 21.6 Å². The van der Waals surface area contributed by atoms with Crippen molar-refractivity contribution in [3.8, 4) is 0 Å². The Bertz CT molecular complexity index is 323. The standard InChI is InChI=1S/C10H14O5S/c1-13-4-5-14-6-7-16-9-3-2-8(15-9)10(11)12/h2-3H,4-7H2,1H3,(H,11,12). The van der Waals surface area contributed by atoms with Crippen molar-refractivity contribution in [2.75, 3.05) is 32.7 Å². The van der Waals surface area contributed by atoms with Crippen LogP contribution < -0.4 is 0 Å². The van der Waals surface area contributed by atoms with Gasteiger partial charge in [0.15, 0.2) is 5.09 Å². The first-order valence-electron chi connectivity index (χ1n) is 4.76. The van der Waals surface area contributed by atoms with Crippen molar-refractivity contribution < 1.29 is 23.8 Å². The molecular formula is C10H14O5S. The molecule has 0 spiro atoms. The fraction of sp³-hybridized carbons (Fsp3) is 0.500. The molecule has 0 unspecified atom stereocenters. The van der Waals surface area contributed by atoms with Crippen molar-refractivity contribution >= 4 is 17.7 Å². The van der Waals surface area contributed by atoms with Crippen molar-refractivity contribution in [2.24, 2.45) is 0 Å². The second-order valence-corrected chi connectivity index (χ2v) is 3.98. The van der Waals surface area contributed by atoms with Gasteiger partial charge in [-0.15, -0.1) is 0 Å². The van der Waals surface area contributed by atoms with E-state index in [0.717, 1.165) is 5.75 Å². The Balaban J connectivity index is 2.14. The molecule has 0 aliphatic rings. The van der Waals surface area contributed by atoms with Gasteiger partial charge in [0.25, 0.3) is 0 Å². The summed E-state index contributed by atoms with van der Waals surface area (Å²) in [7, 11) is 1.62. The Kier molecular flexibility index (Phi) is 5.99. The number of methoxy groups -OCH3 is 1. The first-order valence-corrected chi connectivity index (χ1v) is 5.75. The number of furan rings is 1. The van der Waals surface area contributed by atoms with E-state index in [1.807, 2.05) is 0 Å². The fourth-order valence-electron chi connectivity index (χ4n) is 0.958. The molecule has 0 fully saturated rings. The van der Waals surface area contributed by atoms with Crippen LogP contribution in [0, 0.1) is 0 Å². The zero-order valence-corrected chi connectivity index (χ0v) is 9.79. The van der Waals surface area contributed by atoms with Gasteiger partial charge in [-0.1, -0.05) is 11.8 Å². The molecule has 6 heteroatoms. The smallest absolute Gasteiger partial charge is 0.371 e. The van der Waals surface area contributed by atoms with E-state index in [9.17, 15) is 4.79 Å². The Hall–Kier alpha value is -0.980. The van der Waals surface area contributed by atoms with E-state index < -0.39 is 5.97 Å². The first kappa shape index (κ1) is 13.1. The van der Waals surface area contributed by atoms with Gasteiger partial charge in [-0.3, -0.25) is 0 Å². The molecule has 0 aromatic carbocycles. The number of thioether (sulfide) groups is 1. The average Bonchev–Trinajstić information content (AvgIpc) is 2.72. The van der Waals surface area contributed by atoms with Crippen LogP contribution in [-0.2, 0) is 9.47 Å². The number of carbonyl (C=O) groups is 1. The second-order valence-electron chi connectivity index (χ2n) is 2.88. The van der Waals surface area contributed by atoms with Gasteiger partial charge in [-0.25, -0.2) is 4.79 Å². The lowest BCUT2D eigenvalue weighted by Gasteiger charge is -2.01. The molecule has 16 heavy (non-hydrogen) atoms. The van der Waals surface area contributed by atoms with Crippen LogP contribution in [0.5, 0.6) is 0 Å². The highest BCUT2D eigenvalue weighted by atomic mass is 32.2. The van der Waals surface area contributed by atoms with E-state index >= 15 is 0 Å². The highest BCUT2D eigenvalue weighted by Gasteiger charge is 2.08. The van der Waals surface area contributed by atoms with Gasteiger partial charge in [0.2, 0.25) is 5.76 Å². The zero-order valence-electron chi connectivity index (χ0n) is 8.97. The minimum Gasteiger partial charge on any atom is -0.475 e. The predicted molar refractivity (Wildman–Crippen MR) is 59.1 cm³/mol. The predicted octanol–water partition coefficient (Wildman–Crippen LogP) is 1.73. The topological polar surface area (TPSA) is 68.9 Å². The van der Waals surface area contributed by atoms with Gasteiger partial charge in [-0.2, -0.15) is 0 Å². The number of hydrogen-bond donors (Lipinski definition) is 1. The number of hydrogen-bond acceptors (Lipinski definition) is 5. The molecule has 5 nitrogen and oxygen atoms in total. The molecule has 90 valence electrons. The highest BCUT2D eigenvalue weighted by Crippen LogP contribution is 2.20. The van der Waals surface area contributed by atoms with Crippen molar-refractivity contribution in [1.29, 1.82) is 0 Å². The number of ether oxygens (including phenoxy) is 2. The summed E-state index contributed by atoms with van der Waals surface area (Å²) in [5.41, 5.74) is 0. The molecule has 0 amide bonds. The fourth-order valence-corrected chi connectivity index (χ4v) is 1.67. The average molecular weight is 246 g/mol. The molecule has 0 saturated carbocycles. The Morgan fingerprint density at radius 3 is 2.88 bits per heavy atom. The van der Waals surface area contributed by atoms with E-state index in [2.05, 4.69) is 0 Å². The monoisotopic (exact) mass is 246 g/mol. The summed E-state index contributed by atoms with van der Waals surface area (Å²) in [4.78, 5) is 10.5. The molecule has 1 aromatic heterocycles. The van der Waals surface area contributed by atoms with E-state index in [1.165, 1.54) is 17.8 Å². The summed E-state index contributed by atoms with van der Waals surface area (Å²) >= 11 is 1.42. The molecule has 1 N–H and O–H groups in total. The summed E-state index contributed by atoms with van der Waals surface area (Å²) < 4.78 is 15.1. The van der Waals surface area contributed by atoms with Gasteiger partial charge in [-0.05, 0) is 12.1 Å². The molecule has 1 rings (SSSR count). The van der Waals surface area contributed by atoms with Crippen molar-refractivity contribution in [3.63, 3.8) is 0 Å². The highest BCUT2D eigenvalue weighted by molar-refractivity contribution is 7.99. The van der Waals surface area contributed by atoms with Crippen LogP contribution in [0.3, 0.4) is 0 Å². The molecular weight excluding hydrogens is 232 g/mol. The molecule has 0 bridgehead atoms.